The third-order valence-corrected chi connectivity index (χ3v) is 2.37. The maximum Gasteiger partial charge on any atom is 0.336 e. The van der Waals surface area contributed by atoms with Gasteiger partial charge in [-0.2, -0.15) is 0 Å². The van der Waals surface area contributed by atoms with E-state index < -0.39 is 5.97 Å². The van der Waals surface area contributed by atoms with Gasteiger partial charge in [0.2, 0.25) is 0 Å². The molecule has 0 radical (unpaired) electrons. The molecule has 0 aliphatic heterocycles. The molecule has 0 amide bonds. The molecule has 2 rings (SSSR count). The molecule has 4 heteroatoms. The average Bonchev–Trinajstić information content (AvgIpc) is 2.76. The van der Waals surface area contributed by atoms with E-state index in [4.69, 9.17) is 9.52 Å². The molecule has 1 heterocycles. The quantitative estimate of drug-likeness (QED) is 0.858. The Balaban J connectivity index is 2.60. The fraction of sp³-hybridized carbons (Fsp3) is 0.167. The minimum absolute atomic E-state index is 0.242. The summed E-state index contributed by atoms with van der Waals surface area (Å²) >= 11 is 0. The second-order valence-corrected chi connectivity index (χ2v) is 3.33. The van der Waals surface area contributed by atoms with Crippen LogP contribution in [0.15, 0.2) is 35.1 Å². The lowest BCUT2D eigenvalue weighted by molar-refractivity contribution is 0.0697. The van der Waals surface area contributed by atoms with Gasteiger partial charge in [-0.25, -0.2) is 9.78 Å². The summed E-state index contributed by atoms with van der Waals surface area (Å²) in [6, 6.07) is 6.78. The summed E-state index contributed by atoms with van der Waals surface area (Å²) in [5.41, 5.74) is 1.45. The summed E-state index contributed by atoms with van der Waals surface area (Å²) in [5, 5.41) is 9.07. The van der Waals surface area contributed by atoms with Crippen LogP contribution in [0.25, 0.3) is 11.3 Å². The third-order valence-electron chi connectivity index (χ3n) is 2.37. The molecule has 0 unspecified atom stereocenters. The summed E-state index contributed by atoms with van der Waals surface area (Å²) in [5.74, 6) is -0.255. The highest BCUT2D eigenvalue weighted by molar-refractivity contribution is 5.95. The molecule has 0 spiro atoms. The van der Waals surface area contributed by atoms with E-state index in [2.05, 4.69) is 4.98 Å². The van der Waals surface area contributed by atoms with Crippen LogP contribution in [-0.4, -0.2) is 16.1 Å². The lowest BCUT2D eigenvalue weighted by atomic mass is 10.0. The van der Waals surface area contributed by atoms with E-state index in [1.807, 2.05) is 6.92 Å². The van der Waals surface area contributed by atoms with Crippen molar-refractivity contribution in [2.24, 2.45) is 0 Å². The second-order valence-electron chi connectivity index (χ2n) is 3.33. The zero-order chi connectivity index (χ0) is 11.5. The maximum absolute atomic E-state index is 11.1. The zero-order valence-corrected chi connectivity index (χ0v) is 8.80. The highest BCUT2D eigenvalue weighted by Gasteiger charge is 2.16. The van der Waals surface area contributed by atoms with Crippen LogP contribution >= 0.6 is 0 Å². The van der Waals surface area contributed by atoms with E-state index >= 15 is 0 Å². The summed E-state index contributed by atoms with van der Waals surface area (Å²) in [7, 11) is 0. The van der Waals surface area contributed by atoms with Crippen molar-refractivity contribution in [1.82, 2.24) is 4.98 Å². The van der Waals surface area contributed by atoms with Crippen LogP contribution < -0.4 is 0 Å². The summed E-state index contributed by atoms with van der Waals surface area (Å²) in [6.45, 7) is 1.94. The minimum atomic E-state index is -0.958. The van der Waals surface area contributed by atoms with Gasteiger partial charge in [0.1, 0.15) is 11.5 Å². The molecule has 0 fully saturated rings. The van der Waals surface area contributed by atoms with Crippen molar-refractivity contribution in [1.29, 1.82) is 0 Å². The maximum atomic E-state index is 11.1. The molecule has 2 aromatic rings. The van der Waals surface area contributed by atoms with Crippen molar-refractivity contribution in [2.45, 2.75) is 13.3 Å². The minimum Gasteiger partial charge on any atom is -0.478 e. The van der Waals surface area contributed by atoms with Crippen molar-refractivity contribution in [3.8, 4) is 11.3 Å². The topological polar surface area (TPSA) is 63.3 Å². The average molecular weight is 217 g/mol. The number of oxazole rings is 1. The highest BCUT2D eigenvalue weighted by Crippen LogP contribution is 2.26. The Morgan fingerprint density at radius 2 is 2.19 bits per heavy atom. The van der Waals surface area contributed by atoms with Gasteiger partial charge in [0.15, 0.2) is 6.39 Å². The molecule has 1 N–H and O–H groups in total. The fourth-order valence-electron chi connectivity index (χ4n) is 1.62. The molecular weight excluding hydrogens is 206 g/mol. The molecule has 82 valence electrons. The van der Waals surface area contributed by atoms with E-state index in [0.717, 1.165) is 0 Å². The Labute approximate surface area is 92.6 Å². The lowest BCUT2D eigenvalue weighted by Gasteiger charge is -2.03. The van der Waals surface area contributed by atoms with Gasteiger partial charge in [-0.3, -0.25) is 0 Å². The number of carboxylic acid groups (broad SMARTS) is 1. The predicted molar refractivity (Wildman–Crippen MR) is 58.3 cm³/mol. The normalized spacial score (nSPS) is 10.3. The van der Waals surface area contributed by atoms with Crippen molar-refractivity contribution in [3.05, 3.63) is 42.0 Å². The SMILES string of the molecule is CCc1ocnc1-c1ccccc1C(=O)O. The van der Waals surface area contributed by atoms with Gasteiger partial charge in [-0.1, -0.05) is 25.1 Å². The molecule has 1 aromatic heterocycles. The Kier molecular flexibility index (Phi) is 2.72. The predicted octanol–water partition coefficient (Wildman–Crippen LogP) is 2.60. The molecular formula is C12H11NO3. The van der Waals surface area contributed by atoms with Crippen molar-refractivity contribution < 1.29 is 14.3 Å². The fourth-order valence-corrected chi connectivity index (χ4v) is 1.62. The molecule has 0 bridgehead atoms. The Morgan fingerprint density at radius 3 is 2.88 bits per heavy atom. The number of carboxylic acids is 1. The third kappa shape index (κ3) is 1.69. The van der Waals surface area contributed by atoms with Gasteiger partial charge in [0.25, 0.3) is 0 Å². The molecule has 0 atom stereocenters. The number of carbonyl (C=O) groups is 1. The second kappa shape index (κ2) is 4.18. The summed E-state index contributed by atoms with van der Waals surface area (Å²) in [4.78, 5) is 15.1. The standard InChI is InChI=1S/C12H11NO3/c1-2-10-11(13-7-16-10)8-5-3-4-6-9(8)12(14)15/h3-7H,2H2,1H3,(H,14,15). The van der Waals surface area contributed by atoms with Crippen LogP contribution in [0, 0.1) is 0 Å². The zero-order valence-electron chi connectivity index (χ0n) is 8.80. The molecule has 0 saturated heterocycles. The van der Waals surface area contributed by atoms with E-state index in [-0.39, 0.29) is 5.56 Å². The first kappa shape index (κ1) is 10.4. The number of aromatic nitrogens is 1. The van der Waals surface area contributed by atoms with Gasteiger partial charge in [-0.15, -0.1) is 0 Å². The van der Waals surface area contributed by atoms with Gasteiger partial charge in [-0.05, 0) is 6.07 Å². The number of rotatable bonds is 3. The largest absolute Gasteiger partial charge is 0.478 e. The number of aryl methyl sites for hydroxylation is 1. The Bertz CT molecular complexity index is 516. The van der Waals surface area contributed by atoms with E-state index in [0.29, 0.717) is 23.4 Å². The molecule has 0 saturated carbocycles. The van der Waals surface area contributed by atoms with Gasteiger partial charge in [0, 0.05) is 12.0 Å². The van der Waals surface area contributed by atoms with E-state index in [9.17, 15) is 4.79 Å². The summed E-state index contributed by atoms with van der Waals surface area (Å²) < 4.78 is 5.20. The number of hydrogen-bond donors (Lipinski definition) is 1. The lowest BCUT2D eigenvalue weighted by Crippen LogP contribution is -2.00. The highest BCUT2D eigenvalue weighted by atomic mass is 16.4. The molecule has 1 aromatic carbocycles. The number of benzene rings is 1. The van der Waals surface area contributed by atoms with Crippen LogP contribution in [0.3, 0.4) is 0 Å². The molecule has 0 aliphatic rings. The summed E-state index contributed by atoms with van der Waals surface area (Å²) in [6.07, 6.45) is 2.02. The number of aromatic carboxylic acids is 1. The van der Waals surface area contributed by atoms with Crippen LogP contribution in [0.1, 0.15) is 23.0 Å². The van der Waals surface area contributed by atoms with Gasteiger partial charge in [0.05, 0.1) is 5.56 Å². The number of hydrogen-bond acceptors (Lipinski definition) is 3. The monoisotopic (exact) mass is 217 g/mol. The first-order chi connectivity index (χ1) is 7.74. The van der Waals surface area contributed by atoms with E-state index in [1.165, 1.54) is 6.39 Å². The van der Waals surface area contributed by atoms with E-state index in [1.54, 1.807) is 24.3 Å². The van der Waals surface area contributed by atoms with Crippen molar-refractivity contribution in [2.75, 3.05) is 0 Å². The van der Waals surface area contributed by atoms with Crippen LogP contribution in [-0.2, 0) is 6.42 Å². The van der Waals surface area contributed by atoms with Gasteiger partial charge < -0.3 is 9.52 Å². The molecule has 16 heavy (non-hydrogen) atoms. The van der Waals surface area contributed by atoms with Crippen molar-refractivity contribution in [3.63, 3.8) is 0 Å². The molecule has 4 nitrogen and oxygen atoms in total. The Hall–Kier alpha value is -2.10. The van der Waals surface area contributed by atoms with Crippen LogP contribution in [0.2, 0.25) is 0 Å². The first-order valence-corrected chi connectivity index (χ1v) is 4.99. The van der Waals surface area contributed by atoms with Gasteiger partial charge >= 0.3 is 5.97 Å². The Morgan fingerprint density at radius 1 is 1.44 bits per heavy atom. The smallest absolute Gasteiger partial charge is 0.336 e. The van der Waals surface area contributed by atoms with Crippen LogP contribution in [0.5, 0.6) is 0 Å². The van der Waals surface area contributed by atoms with Crippen LogP contribution in [0.4, 0.5) is 0 Å². The first-order valence-electron chi connectivity index (χ1n) is 4.99. The van der Waals surface area contributed by atoms with Crippen molar-refractivity contribution >= 4 is 5.97 Å². The molecule has 0 aliphatic carbocycles. The number of nitrogens with zero attached hydrogens (tertiary/aromatic N) is 1.